The average molecular weight is 477 g/mol. The van der Waals surface area contributed by atoms with Crippen molar-refractivity contribution in [3.8, 4) is 5.69 Å². The van der Waals surface area contributed by atoms with Gasteiger partial charge < -0.3 is 5.11 Å². The summed E-state index contributed by atoms with van der Waals surface area (Å²) in [6.45, 7) is 0. The van der Waals surface area contributed by atoms with Crippen LogP contribution in [0.2, 0.25) is 0 Å². The SMILES string of the molecule is O[C@H](CSc1nnc(CSc2nc3ccccc3s2)n1-c1ccccc1)c1ccccc1. The van der Waals surface area contributed by atoms with Crippen molar-refractivity contribution in [3.05, 3.63) is 96.3 Å². The van der Waals surface area contributed by atoms with Crippen molar-refractivity contribution < 1.29 is 5.11 Å². The van der Waals surface area contributed by atoms with Gasteiger partial charge in [0.15, 0.2) is 9.50 Å². The molecule has 0 aliphatic heterocycles. The maximum Gasteiger partial charge on any atom is 0.195 e. The molecule has 5 rings (SSSR count). The van der Waals surface area contributed by atoms with Crippen LogP contribution in [0.5, 0.6) is 0 Å². The minimum atomic E-state index is -0.567. The summed E-state index contributed by atoms with van der Waals surface area (Å²) in [5.41, 5.74) is 2.93. The van der Waals surface area contributed by atoms with Crippen LogP contribution in [0.15, 0.2) is 94.4 Å². The van der Waals surface area contributed by atoms with Crippen LogP contribution >= 0.6 is 34.9 Å². The number of rotatable bonds is 8. The number of aliphatic hydroxyl groups excluding tert-OH is 1. The molecule has 0 bridgehead atoms. The lowest BCUT2D eigenvalue weighted by Gasteiger charge is -2.12. The van der Waals surface area contributed by atoms with Crippen molar-refractivity contribution in [2.75, 3.05) is 5.75 Å². The summed E-state index contributed by atoms with van der Waals surface area (Å²) in [5.74, 6) is 2.01. The van der Waals surface area contributed by atoms with E-state index in [-0.39, 0.29) is 0 Å². The predicted molar refractivity (Wildman–Crippen MR) is 133 cm³/mol. The zero-order chi connectivity index (χ0) is 21.8. The molecule has 0 aliphatic carbocycles. The van der Waals surface area contributed by atoms with Gasteiger partial charge in [-0.15, -0.1) is 21.5 Å². The molecule has 3 aromatic carbocycles. The second kappa shape index (κ2) is 9.87. The van der Waals surface area contributed by atoms with Crippen LogP contribution in [0, 0.1) is 0 Å². The highest BCUT2D eigenvalue weighted by Crippen LogP contribution is 2.33. The lowest BCUT2D eigenvalue weighted by atomic mass is 10.1. The minimum absolute atomic E-state index is 0.500. The molecular formula is C24H20N4OS3. The van der Waals surface area contributed by atoms with Gasteiger partial charge in [0.1, 0.15) is 5.82 Å². The third-order valence-corrected chi connectivity index (χ3v) is 8.05. The first kappa shape index (κ1) is 21.2. The molecule has 2 aromatic heterocycles. The number of nitrogens with zero attached hydrogens (tertiary/aromatic N) is 4. The van der Waals surface area contributed by atoms with Crippen LogP contribution in [0.4, 0.5) is 0 Å². The molecule has 0 saturated carbocycles. The molecule has 1 N–H and O–H groups in total. The van der Waals surface area contributed by atoms with Crippen molar-refractivity contribution in [2.45, 2.75) is 21.4 Å². The number of aliphatic hydroxyl groups is 1. The third kappa shape index (κ3) is 4.73. The highest BCUT2D eigenvalue weighted by atomic mass is 32.2. The minimum Gasteiger partial charge on any atom is -0.388 e. The van der Waals surface area contributed by atoms with E-state index in [1.165, 1.54) is 16.5 Å². The molecule has 1 atom stereocenters. The zero-order valence-corrected chi connectivity index (χ0v) is 19.5. The molecule has 0 amide bonds. The van der Waals surface area contributed by atoms with Gasteiger partial charge in [0.25, 0.3) is 0 Å². The summed E-state index contributed by atoms with van der Waals surface area (Å²) in [6.07, 6.45) is -0.567. The molecule has 0 unspecified atom stereocenters. The van der Waals surface area contributed by atoms with Crippen LogP contribution < -0.4 is 0 Å². The van der Waals surface area contributed by atoms with E-state index in [4.69, 9.17) is 4.98 Å². The van der Waals surface area contributed by atoms with E-state index in [9.17, 15) is 5.11 Å². The van der Waals surface area contributed by atoms with E-state index in [1.807, 2.05) is 78.9 Å². The van der Waals surface area contributed by atoms with E-state index in [1.54, 1.807) is 23.1 Å². The first-order chi connectivity index (χ1) is 15.8. The second-order valence-corrected chi connectivity index (χ2v) is 10.3. The number of thioether (sulfide) groups is 2. The van der Waals surface area contributed by atoms with Gasteiger partial charge in [-0.3, -0.25) is 4.57 Å². The number of aromatic nitrogens is 4. The number of thiazole rings is 1. The molecule has 0 fully saturated rings. The van der Waals surface area contributed by atoms with Crippen LogP contribution in [0.25, 0.3) is 15.9 Å². The van der Waals surface area contributed by atoms with Gasteiger partial charge in [-0.1, -0.05) is 84.2 Å². The fourth-order valence-electron chi connectivity index (χ4n) is 3.29. The molecule has 5 nitrogen and oxygen atoms in total. The van der Waals surface area contributed by atoms with Crippen molar-refractivity contribution in [1.82, 2.24) is 19.7 Å². The molecule has 0 radical (unpaired) electrons. The topological polar surface area (TPSA) is 63.8 Å². The van der Waals surface area contributed by atoms with Gasteiger partial charge in [-0.2, -0.15) is 0 Å². The maximum atomic E-state index is 10.6. The van der Waals surface area contributed by atoms with Crippen LogP contribution in [0.3, 0.4) is 0 Å². The van der Waals surface area contributed by atoms with Gasteiger partial charge >= 0.3 is 0 Å². The Morgan fingerprint density at radius 2 is 1.56 bits per heavy atom. The van der Waals surface area contributed by atoms with E-state index < -0.39 is 6.10 Å². The second-order valence-electron chi connectivity index (χ2n) is 7.04. The summed E-state index contributed by atoms with van der Waals surface area (Å²) >= 11 is 4.87. The van der Waals surface area contributed by atoms with Crippen molar-refractivity contribution in [1.29, 1.82) is 0 Å². The smallest absolute Gasteiger partial charge is 0.195 e. The fraction of sp³-hybridized carbons (Fsp3) is 0.125. The predicted octanol–water partition coefficient (Wildman–Crippen LogP) is 6.00. The highest BCUT2D eigenvalue weighted by Gasteiger charge is 2.17. The normalized spacial score (nSPS) is 12.3. The van der Waals surface area contributed by atoms with Crippen molar-refractivity contribution >= 4 is 45.1 Å². The molecule has 5 aromatic rings. The largest absolute Gasteiger partial charge is 0.388 e. The summed E-state index contributed by atoms with van der Waals surface area (Å²) in [4.78, 5) is 4.72. The summed E-state index contributed by atoms with van der Waals surface area (Å²) in [7, 11) is 0. The molecular weight excluding hydrogens is 456 g/mol. The van der Waals surface area contributed by atoms with Crippen molar-refractivity contribution in [2.24, 2.45) is 0 Å². The molecule has 32 heavy (non-hydrogen) atoms. The molecule has 0 spiro atoms. The Hall–Kier alpha value is -2.65. The van der Waals surface area contributed by atoms with E-state index in [0.717, 1.165) is 32.1 Å². The van der Waals surface area contributed by atoms with Gasteiger partial charge in [-0.05, 0) is 29.8 Å². The van der Waals surface area contributed by atoms with Crippen LogP contribution in [-0.4, -0.2) is 30.6 Å². The van der Waals surface area contributed by atoms with Crippen LogP contribution in [0.1, 0.15) is 17.5 Å². The van der Waals surface area contributed by atoms with E-state index in [2.05, 4.69) is 20.8 Å². The summed E-state index contributed by atoms with van der Waals surface area (Å²) < 4.78 is 4.27. The number of benzene rings is 3. The summed E-state index contributed by atoms with van der Waals surface area (Å²) in [6, 6.07) is 28.0. The van der Waals surface area contributed by atoms with Gasteiger partial charge in [-0.25, -0.2) is 4.98 Å². The quantitative estimate of drug-likeness (QED) is 0.277. The standard InChI is InChI=1S/C24H20N4OS3/c29-20(17-9-3-1-4-10-17)15-30-23-27-26-22(28(23)18-11-5-2-6-12-18)16-31-24-25-19-13-7-8-14-21(19)32-24/h1-14,20,29H,15-16H2/t20-/m1/s1. The zero-order valence-electron chi connectivity index (χ0n) is 17.0. The maximum absolute atomic E-state index is 10.6. The number of para-hydroxylation sites is 2. The molecule has 2 heterocycles. The molecule has 0 aliphatic rings. The summed E-state index contributed by atoms with van der Waals surface area (Å²) in [5, 5.41) is 20.3. The van der Waals surface area contributed by atoms with E-state index >= 15 is 0 Å². The van der Waals surface area contributed by atoms with Gasteiger partial charge in [0.05, 0.1) is 22.1 Å². The van der Waals surface area contributed by atoms with Gasteiger partial charge in [0.2, 0.25) is 0 Å². The fourth-order valence-corrected chi connectivity index (χ4v) is 6.21. The first-order valence-electron chi connectivity index (χ1n) is 10.1. The number of fused-ring (bicyclic) bond motifs is 1. The number of hydrogen-bond donors (Lipinski definition) is 1. The van der Waals surface area contributed by atoms with Crippen molar-refractivity contribution in [3.63, 3.8) is 0 Å². The lowest BCUT2D eigenvalue weighted by molar-refractivity contribution is 0.204. The Kier molecular flexibility index (Phi) is 6.54. The first-order valence-corrected chi connectivity index (χ1v) is 12.9. The third-order valence-electron chi connectivity index (χ3n) is 4.87. The Morgan fingerprint density at radius 1 is 0.844 bits per heavy atom. The average Bonchev–Trinajstić information content (AvgIpc) is 3.45. The Bertz CT molecular complexity index is 1270. The molecule has 0 saturated heterocycles. The monoisotopic (exact) mass is 476 g/mol. The van der Waals surface area contributed by atoms with Gasteiger partial charge in [0, 0.05) is 11.4 Å². The molecule has 8 heteroatoms. The Labute approximate surface area is 198 Å². The number of hydrogen-bond acceptors (Lipinski definition) is 7. The van der Waals surface area contributed by atoms with Crippen LogP contribution in [-0.2, 0) is 5.75 Å². The Balaban J connectivity index is 1.37. The Morgan fingerprint density at radius 3 is 2.34 bits per heavy atom. The molecule has 160 valence electrons. The highest BCUT2D eigenvalue weighted by molar-refractivity contribution is 8.00. The van der Waals surface area contributed by atoms with E-state index in [0.29, 0.717) is 11.5 Å². The lowest BCUT2D eigenvalue weighted by Crippen LogP contribution is -2.04.